The fourth-order valence-electron chi connectivity index (χ4n) is 1.71. The monoisotopic (exact) mass is 256 g/mol. The van der Waals surface area contributed by atoms with Crippen LogP contribution in [0.4, 0.5) is 4.79 Å². The van der Waals surface area contributed by atoms with Gasteiger partial charge in [0.1, 0.15) is 0 Å². The molecule has 1 fully saturated rings. The summed E-state index contributed by atoms with van der Waals surface area (Å²) in [7, 11) is 0. The van der Waals surface area contributed by atoms with Gasteiger partial charge in [0.05, 0.1) is 6.04 Å². The van der Waals surface area contributed by atoms with Crippen molar-refractivity contribution in [1.29, 1.82) is 0 Å². The summed E-state index contributed by atoms with van der Waals surface area (Å²) >= 11 is 0. The van der Waals surface area contributed by atoms with Gasteiger partial charge in [0.25, 0.3) is 0 Å². The summed E-state index contributed by atoms with van der Waals surface area (Å²) in [4.78, 5) is 24.8. The molecule has 104 valence electrons. The number of carbonyl (C=O) groups is 2. The van der Waals surface area contributed by atoms with Gasteiger partial charge in [-0.15, -0.1) is 0 Å². The van der Waals surface area contributed by atoms with Crippen LogP contribution in [0.5, 0.6) is 0 Å². The molecule has 0 saturated carbocycles. The summed E-state index contributed by atoms with van der Waals surface area (Å²) in [5, 5.41) is 8.77. The van der Waals surface area contributed by atoms with Crippen molar-refractivity contribution in [3.63, 3.8) is 0 Å². The molecular formula is C12H24N4O2. The second-order valence-corrected chi connectivity index (χ2v) is 5.63. The normalized spacial score (nSPS) is 17.6. The third-order valence-corrected chi connectivity index (χ3v) is 2.67. The lowest BCUT2D eigenvalue weighted by Crippen LogP contribution is -2.50. The molecule has 0 radical (unpaired) electrons. The van der Waals surface area contributed by atoms with Crippen molar-refractivity contribution >= 4 is 11.9 Å². The maximum Gasteiger partial charge on any atom is 0.317 e. The lowest BCUT2D eigenvalue weighted by molar-refractivity contribution is -0.124. The Kier molecular flexibility index (Phi) is 4.95. The number of rotatable bonds is 5. The van der Waals surface area contributed by atoms with E-state index in [4.69, 9.17) is 0 Å². The van der Waals surface area contributed by atoms with Gasteiger partial charge in [-0.05, 0) is 27.7 Å². The van der Waals surface area contributed by atoms with Gasteiger partial charge in [-0.3, -0.25) is 4.79 Å². The first kappa shape index (κ1) is 14.8. The minimum Gasteiger partial charge on any atom is -0.350 e. The molecule has 1 aliphatic rings. The Hall–Kier alpha value is -1.30. The first-order valence-electron chi connectivity index (χ1n) is 6.38. The van der Waals surface area contributed by atoms with Crippen LogP contribution in [-0.4, -0.2) is 54.6 Å². The minimum atomic E-state index is -0.255. The molecule has 3 amide bonds. The van der Waals surface area contributed by atoms with Crippen LogP contribution in [0, 0.1) is 0 Å². The summed E-state index contributed by atoms with van der Waals surface area (Å²) in [6.07, 6.45) is 0. The van der Waals surface area contributed by atoms with Crippen molar-refractivity contribution in [3.05, 3.63) is 0 Å². The number of nitrogens with one attached hydrogen (secondary N) is 3. The molecule has 6 nitrogen and oxygen atoms in total. The molecule has 18 heavy (non-hydrogen) atoms. The molecule has 0 aliphatic carbocycles. The van der Waals surface area contributed by atoms with E-state index in [1.165, 1.54) is 0 Å². The molecule has 0 spiro atoms. The second-order valence-electron chi connectivity index (χ2n) is 5.63. The van der Waals surface area contributed by atoms with Crippen LogP contribution in [0.2, 0.25) is 0 Å². The standard InChI is InChI=1S/C12H24N4O2/c1-9(10(17)15-12(2,3)4)13-5-7-16-8-6-14-11(16)18/h9,13H,5-8H2,1-4H3,(H,14,18)(H,15,17). The van der Waals surface area contributed by atoms with Crippen LogP contribution in [0.25, 0.3) is 0 Å². The molecule has 6 heteroatoms. The number of hydrogen-bond donors (Lipinski definition) is 3. The van der Waals surface area contributed by atoms with Crippen LogP contribution in [0.1, 0.15) is 27.7 Å². The molecular weight excluding hydrogens is 232 g/mol. The molecule has 0 aromatic heterocycles. The molecule has 1 heterocycles. The van der Waals surface area contributed by atoms with Crippen molar-refractivity contribution in [2.75, 3.05) is 26.2 Å². The van der Waals surface area contributed by atoms with Crippen LogP contribution in [0.3, 0.4) is 0 Å². The second kappa shape index (κ2) is 6.04. The van der Waals surface area contributed by atoms with E-state index < -0.39 is 0 Å². The van der Waals surface area contributed by atoms with E-state index >= 15 is 0 Å². The Morgan fingerprint density at radius 3 is 2.67 bits per heavy atom. The number of nitrogens with zero attached hydrogens (tertiary/aromatic N) is 1. The van der Waals surface area contributed by atoms with Gasteiger partial charge in [-0.1, -0.05) is 0 Å². The molecule has 1 unspecified atom stereocenters. The fraction of sp³-hybridized carbons (Fsp3) is 0.833. The van der Waals surface area contributed by atoms with Gasteiger partial charge >= 0.3 is 6.03 Å². The van der Waals surface area contributed by atoms with E-state index in [2.05, 4.69) is 16.0 Å². The molecule has 0 aromatic carbocycles. The Bertz CT molecular complexity index is 312. The summed E-state index contributed by atoms with van der Waals surface area (Å²) in [6.45, 7) is 10.4. The first-order chi connectivity index (χ1) is 8.29. The Morgan fingerprint density at radius 1 is 1.50 bits per heavy atom. The zero-order valence-corrected chi connectivity index (χ0v) is 11.7. The molecule has 1 saturated heterocycles. The predicted molar refractivity (Wildman–Crippen MR) is 70.3 cm³/mol. The number of hydrogen-bond acceptors (Lipinski definition) is 3. The van der Waals surface area contributed by atoms with Crippen molar-refractivity contribution in [2.45, 2.75) is 39.3 Å². The van der Waals surface area contributed by atoms with Gasteiger partial charge in [0.15, 0.2) is 0 Å². The van der Waals surface area contributed by atoms with Gasteiger partial charge in [-0.25, -0.2) is 4.79 Å². The Morgan fingerprint density at radius 2 is 2.17 bits per heavy atom. The van der Waals surface area contributed by atoms with E-state index in [0.29, 0.717) is 19.6 Å². The van der Waals surface area contributed by atoms with Gasteiger partial charge in [0, 0.05) is 31.7 Å². The van der Waals surface area contributed by atoms with Gasteiger partial charge in [0.2, 0.25) is 5.91 Å². The summed E-state index contributed by atoms with van der Waals surface area (Å²) in [6, 6.07) is -0.279. The lowest BCUT2D eigenvalue weighted by atomic mass is 10.1. The number of carbonyl (C=O) groups excluding carboxylic acids is 2. The van der Waals surface area contributed by atoms with E-state index in [1.807, 2.05) is 27.7 Å². The summed E-state index contributed by atoms with van der Waals surface area (Å²) < 4.78 is 0. The zero-order valence-electron chi connectivity index (χ0n) is 11.7. The van der Waals surface area contributed by atoms with Crippen molar-refractivity contribution in [2.24, 2.45) is 0 Å². The lowest BCUT2D eigenvalue weighted by Gasteiger charge is -2.24. The highest BCUT2D eigenvalue weighted by Gasteiger charge is 2.21. The average Bonchev–Trinajstić information content (AvgIpc) is 2.62. The Balaban J connectivity index is 2.22. The predicted octanol–water partition coefficient (Wildman–Crippen LogP) is -0.0956. The van der Waals surface area contributed by atoms with Crippen molar-refractivity contribution < 1.29 is 9.59 Å². The van der Waals surface area contributed by atoms with Crippen LogP contribution in [-0.2, 0) is 4.79 Å². The highest BCUT2D eigenvalue weighted by atomic mass is 16.2. The van der Waals surface area contributed by atoms with Gasteiger partial charge < -0.3 is 20.9 Å². The van der Waals surface area contributed by atoms with Gasteiger partial charge in [-0.2, -0.15) is 0 Å². The molecule has 1 rings (SSSR count). The third kappa shape index (κ3) is 4.91. The van der Waals surface area contributed by atoms with Crippen LogP contribution >= 0.6 is 0 Å². The van der Waals surface area contributed by atoms with Crippen LogP contribution in [0.15, 0.2) is 0 Å². The quantitative estimate of drug-likeness (QED) is 0.643. The number of urea groups is 1. The largest absolute Gasteiger partial charge is 0.350 e. The maximum absolute atomic E-state index is 11.8. The maximum atomic E-state index is 11.8. The number of amides is 3. The zero-order chi connectivity index (χ0) is 13.8. The third-order valence-electron chi connectivity index (χ3n) is 2.67. The van der Waals surface area contributed by atoms with Crippen LogP contribution < -0.4 is 16.0 Å². The molecule has 1 atom stereocenters. The Labute approximate surface area is 108 Å². The van der Waals surface area contributed by atoms with E-state index in [1.54, 1.807) is 4.90 Å². The molecule has 3 N–H and O–H groups in total. The smallest absolute Gasteiger partial charge is 0.317 e. The molecule has 0 bridgehead atoms. The SMILES string of the molecule is CC(NCCN1CCNC1=O)C(=O)NC(C)(C)C. The van der Waals surface area contributed by atoms with E-state index in [9.17, 15) is 9.59 Å². The summed E-state index contributed by atoms with van der Waals surface area (Å²) in [5.74, 6) is -0.0200. The average molecular weight is 256 g/mol. The topological polar surface area (TPSA) is 73.5 Å². The molecule has 0 aromatic rings. The van der Waals surface area contributed by atoms with Crippen molar-refractivity contribution in [1.82, 2.24) is 20.9 Å². The van der Waals surface area contributed by atoms with E-state index in [0.717, 1.165) is 6.54 Å². The summed E-state index contributed by atoms with van der Waals surface area (Å²) in [5.41, 5.74) is -0.220. The fourth-order valence-corrected chi connectivity index (χ4v) is 1.71. The highest BCUT2D eigenvalue weighted by Crippen LogP contribution is 1.99. The van der Waals surface area contributed by atoms with E-state index in [-0.39, 0.29) is 23.5 Å². The van der Waals surface area contributed by atoms with Crippen molar-refractivity contribution in [3.8, 4) is 0 Å². The molecule has 1 aliphatic heterocycles. The minimum absolute atomic E-state index is 0.0200. The highest BCUT2D eigenvalue weighted by molar-refractivity contribution is 5.81. The first-order valence-corrected chi connectivity index (χ1v) is 6.38.